The first-order chi connectivity index (χ1) is 13.0. The molecule has 2 aromatic heterocycles. The molecule has 3 aromatic rings. The largest absolute Gasteiger partial charge is 0.325 e. The van der Waals surface area contributed by atoms with Crippen LogP contribution in [0.3, 0.4) is 0 Å². The van der Waals surface area contributed by atoms with Crippen LogP contribution in [0, 0.1) is 6.92 Å². The number of benzene rings is 1. The molecule has 0 fully saturated rings. The summed E-state index contributed by atoms with van der Waals surface area (Å²) in [4.78, 5) is 23.4. The zero-order chi connectivity index (χ0) is 19.4. The fourth-order valence-corrected chi connectivity index (χ4v) is 2.97. The van der Waals surface area contributed by atoms with Crippen LogP contribution < -0.4 is 10.6 Å². The van der Waals surface area contributed by atoms with Gasteiger partial charge in [0.15, 0.2) is 16.7 Å². The van der Waals surface area contributed by atoms with Crippen molar-refractivity contribution in [2.45, 2.75) is 19.0 Å². The monoisotopic (exact) mass is 387 g/mol. The molecule has 0 saturated heterocycles. The summed E-state index contributed by atoms with van der Waals surface area (Å²) >= 11 is 1.23. The molecule has 0 aliphatic heterocycles. The van der Waals surface area contributed by atoms with Gasteiger partial charge in [0.25, 0.3) is 0 Å². The van der Waals surface area contributed by atoms with Gasteiger partial charge in [0.2, 0.25) is 17.6 Å². The summed E-state index contributed by atoms with van der Waals surface area (Å²) < 4.78 is 6.32. The number of aryl methyl sites for hydroxylation is 1. The van der Waals surface area contributed by atoms with Crippen molar-refractivity contribution in [3.05, 3.63) is 29.8 Å². The van der Waals surface area contributed by atoms with Crippen LogP contribution in [-0.4, -0.2) is 42.6 Å². The number of nitrogens with one attached hydrogen (secondary N) is 2. The minimum absolute atomic E-state index is 0.152. The molecule has 3 rings (SSSR count). The molecule has 0 radical (unpaired) electrons. The number of hydrogen-bond donors (Lipinski definition) is 2. The quantitative estimate of drug-likeness (QED) is 0.614. The fourth-order valence-electron chi connectivity index (χ4n) is 2.26. The van der Waals surface area contributed by atoms with Crippen molar-refractivity contribution in [1.82, 2.24) is 25.1 Å². The van der Waals surface area contributed by atoms with Gasteiger partial charge < -0.3 is 15.2 Å². The Bertz CT molecular complexity index is 982. The van der Waals surface area contributed by atoms with Crippen LogP contribution in [0.2, 0.25) is 0 Å². The highest BCUT2D eigenvalue weighted by molar-refractivity contribution is 7.99. The molecule has 10 nitrogen and oxygen atoms in total. The average molecular weight is 387 g/mol. The van der Waals surface area contributed by atoms with E-state index in [2.05, 4.69) is 35.8 Å². The standard InChI is InChI=1S/C16H17N7O3S/c1-9-6-4-5-7-11(9)18-12(25)8-27-16-20-19-15(23(16)3)13-14(17-10(2)24)22-26-21-13/h4-7H,8H2,1-3H3,(H,18,25)(H,17,22,24). The number of aromatic nitrogens is 5. The first-order valence-corrected chi connectivity index (χ1v) is 8.92. The Balaban J connectivity index is 1.68. The minimum Gasteiger partial charge on any atom is -0.325 e. The van der Waals surface area contributed by atoms with E-state index in [1.54, 1.807) is 11.6 Å². The van der Waals surface area contributed by atoms with E-state index >= 15 is 0 Å². The molecule has 2 heterocycles. The van der Waals surface area contributed by atoms with E-state index in [1.165, 1.54) is 18.7 Å². The van der Waals surface area contributed by atoms with E-state index in [4.69, 9.17) is 0 Å². The Morgan fingerprint density at radius 2 is 1.96 bits per heavy atom. The normalized spacial score (nSPS) is 10.6. The lowest BCUT2D eigenvalue weighted by molar-refractivity contribution is -0.114. The Hall–Kier alpha value is -3.21. The third kappa shape index (κ3) is 4.31. The number of rotatable bonds is 6. The summed E-state index contributed by atoms with van der Waals surface area (Å²) in [6, 6.07) is 7.55. The van der Waals surface area contributed by atoms with Gasteiger partial charge >= 0.3 is 0 Å². The van der Waals surface area contributed by atoms with Crippen LogP contribution in [0.5, 0.6) is 0 Å². The van der Waals surface area contributed by atoms with E-state index in [-0.39, 0.29) is 29.1 Å². The highest BCUT2D eigenvalue weighted by Crippen LogP contribution is 2.26. The van der Waals surface area contributed by atoms with Crippen LogP contribution in [0.4, 0.5) is 11.5 Å². The third-order valence-corrected chi connectivity index (χ3v) is 4.60. The molecule has 2 amide bonds. The van der Waals surface area contributed by atoms with Crippen LogP contribution >= 0.6 is 11.8 Å². The van der Waals surface area contributed by atoms with Gasteiger partial charge in [-0.05, 0) is 28.9 Å². The van der Waals surface area contributed by atoms with Gasteiger partial charge in [0.05, 0.1) is 5.75 Å². The topological polar surface area (TPSA) is 128 Å². The molecular weight excluding hydrogens is 370 g/mol. The molecule has 27 heavy (non-hydrogen) atoms. The van der Waals surface area contributed by atoms with Crippen molar-refractivity contribution in [2.75, 3.05) is 16.4 Å². The number of thioether (sulfide) groups is 1. The summed E-state index contributed by atoms with van der Waals surface area (Å²) in [5.74, 6) is 0.224. The van der Waals surface area contributed by atoms with Crippen molar-refractivity contribution >= 4 is 35.1 Å². The smallest absolute Gasteiger partial charge is 0.234 e. The van der Waals surface area contributed by atoms with Crippen molar-refractivity contribution in [3.8, 4) is 11.5 Å². The Morgan fingerprint density at radius 3 is 2.70 bits per heavy atom. The zero-order valence-corrected chi connectivity index (χ0v) is 15.7. The average Bonchev–Trinajstić information content (AvgIpc) is 3.21. The van der Waals surface area contributed by atoms with E-state index in [0.29, 0.717) is 11.0 Å². The molecule has 2 N–H and O–H groups in total. The second-order valence-electron chi connectivity index (χ2n) is 5.66. The molecule has 0 spiro atoms. The number of anilines is 2. The molecule has 0 unspecified atom stereocenters. The zero-order valence-electron chi connectivity index (χ0n) is 14.9. The Morgan fingerprint density at radius 1 is 1.19 bits per heavy atom. The number of carbonyl (C=O) groups is 2. The summed E-state index contributed by atoms with van der Waals surface area (Å²) in [5, 5.41) is 21.4. The van der Waals surface area contributed by atoms with E-state index in [9.17, 15) is 9.59 Å². The lowest BCUT2D eigenvalue weighted by atomic mass is 10.2. The molecule has 0 aliphatic carbocycles. The number of amides is 2. The van der Waals surface area contributed by atoms with Crippen molar-refractivity contribution < 1.29 is 14.2 Å². The number of carbonyl (C=O) groups excluding carboxylic acids is 2. The molecule has 0 aliphatic rings. The first-order valence-electron chi connectivity index (χ1n) is 7.94. The van der Waals surface area contributed by atoms with Gasteiger partial charge in [-0.1, -0.05) is 30.0 Å². The van der Waals surface area contributed by atoms with Gasteiger partial charge in [-0.3, -0.25) is 9.59 Å². The van der Waals surface area contributed by atoms with Crippen LogP contribution in [0.1, 0.15) is 12.5 Å². The summed E-state index contributed by atoms with van der Waals surface area (Å²) in [6.07, 6.45) is 0. The van der Waals surface area contributed by atoms with E-state index in [0.717, 1.165) is 11.3 Å². The lowest BCUT2D eigenvalue weighted by Gasteiger charge is -2.07. The molecule has 0 atom stereocenters. The highest BCUT2D eigenvalue weighted by Gasteiger charge is 2.21. The molecule has 0 bridgehead atoms. The van der Waals surface area contributed by atoms with Gasteiger partial charge in [-0.25, -0.2) is 4.63 Å². The van der Waals surface area contributed by atoms with Gasteiger partial charge in [-0.2, -0.15) is 0 Å². The molecule has 0 saturated carbocycles. The van der Waals surface area contributed by atoms with Crippen molar-refractivity contribution in [3.63, 3.8) is 0 Å². The SMILES string of the molecule is CC(=O)Nc1nonc1-c1nnc(SCC(=O)Nc2ccccc2C)n1C. The molecular formula is C16H17N7O3S. The van der Waals surface area contributed by atoms with Crippen LogP contribution in [0.25, 0.3) is 11.5 Å². The minimum atomic E-state index is -0.309. The van der Waals surface area contributed by atoms with E-state index in [1.807, 2.05) is 31.2 Å². The van der Waals surface area contributed by atoms with Crippen LogP contribution in [-0.2, 0) is 16.6 Å². The highest BCUT2D eigenvalue weighted by atomic mass is 32.2. The Labute approximate surface area is 158 Å². The van der Waals surface area contributed by atoms with Gasteiger partial charge in [0, 0.05) is 19.7 Å². The third-order valence-electron chi connectivity index (χ3n) is 3.58. The maximum absolute atomic E-state index is 12.2. The van der Waals surface area contributed by atoms with Crippen LogP contribution in [0.15, 0.2) is 34.1 Å². The molecule has 1 aromatic carbocycles. The summed E-state index contributed by atoms with van der Waals surface area (Å²) in [5.41, 5.74) is 2.02. The van der Waals surface area contributed by atoms with Crippen molar-refractivity contribution in [1.29, 1.82) is 0 Å². The van der Waals surface area contributed by atoms with Crippen molar-refractivity contribution in [2.24, 2.45) is 7.05 Å². The second kappa shape index (κ2) is 7.99. The predicted molar refractivity (Wildman–Crippen MR) is 99.1 cm³/mol. The summed E-state index contributed by atoms with van der Waals surface area (Å²) in [6.45, 7) is 3.28. The lowest BCUT2D eigenvalue weighted by Crippen LogP contribution is -2.15. The van der Waals surface area contributed by atoms with Gasteiger partial charge in [0.1, 0.15) is 0 Å². The number of nitrogens with zero attached hydrogens (tertiary/aromatic N) is 5. The molecule has 140 valence electrons. The predicted octanol–water partition coefficient (Wildman–Crippen LogP) is 1.86. The number of hydrogen-bond acceptors (Lipinski definition) is 8. The second-order valence-corrected chi connectivity index (χ2v) is 6.60. The number of para-hydroxylation sites is 1. The first kappa shape index (κ1) is 18.6. The van der Waals surface area contributed by atoms with E-state index < -0.39 is 0 Å². The fraction of sp³-hybridized carbons (Fsp3) is 0.250. The molecule has 11 heteroatoms. The van der Waals surface area contributed by atoms with Gasteiger partial charge in [-0.15, -0.1) is 10.2 Å². The maximum Gasteiger partial charge on any atom is 0.234 e. The Kier molecular flexibility index (Phi) is 5.50. The maximum atomic E-state index is 12.2. The summed E-state index contributed by atoms with van der Waals surface area (Å²) in [7, 11) is 1.73.